The molecular formula is C19H20N4OS3. The molecule has 2 aliphatic rings. The van der Waals surface area contributed by atoms with Gasteiger partial charge < -0.3 is 9.47 Å². The third-order valence-electron chi connectivity index (χ3n) is 5.04. The fraction of sp³-hybridized carbons (Fsp3) is 0.421. The fourth-order valence-corrected chi connectivity index (χ4v) is 5.99. The van der Waals surface area contributed by atoms with E-state index in [9.17, 15) is 4.79 Å². The Balaban J connectivity index is 1.26. The van der Waals surface area contributed by atoms with Crippen molar-refractivity contribution in [2.24, 2.45) is 0 Å². The van der Waals surface area contributed by atoms with Crippen molar-refractivity contribution in [3.05, 3.63) is 50.1 Å². The summed E-state index contributed by atoms with van der Waals surface area (Å²) >= 11 is 5.09. The second kappa shape index (κ2) is 7.41. The molecule has 0 bridgehead atoms. The summed E-state index contributed by atoms with van der Waals surface area (Å²) in [7, 11) is 0. The maximum absolute atomic E-state index is 12.7. The summed E-state index contributed by atoms with van der Waals surface area (Å²) in [5.74, 6) is 1.65. The molecule has 4 heterocycles. The molecule has 27 heavy (non-hydrogen) atoms. The van der Waals surface area contributed by atoms with Crippen molar-refractivity contribution in [3.63, 3.8) is 0 Å². The Morgan fingerprint density at radius 1 is 1.22 bits per heavy atom. The number of rotatable bonds is 6. The maximum Gasteiger partial charge on any atom is 0.233 e. The average molecular weight is 417 g/mol. The lowest BCUT2D eigenvalue weighted by Crippen LogP contribution is -2.36. The minimum absolute atomic E-state index is 0.196. The summed E-state index contributed by atoms with van der Waals surface area (Å²) < 4.78 is 2.27. The third kappa shape index (κ3) is 3.70. The van der Waals surface area contributed by atoms with Crippen LogP contribution in [-0.2, 0) is 24.2 Å². The second-order valence-corrected chi connectivity index (χ2v) is 9.95. The number of hydrogen-bond acceptors (Lipinski definition) is 6. The zero-order valence-electron chi connectivity index (χ0n) is 14.8. The lowest BCUT2D eigenvalue weighted by molar-refractivity contribution is -0.129. The number of nitrogens with zero attached hydrogens (tertiary/aromatic N) is 4. The van der Waals surface area contributed by atoms with Gasteiger partial charge in [0.25, 0.3) is 0 Å². The van der Waals surface area contributed by atoms with E-state index >= 15 is 0 Å². The molecule has 0 N–H and O–H groups in total. The lowest BCUT2D eigenvalue weighted by Gasteiger charge is -2.26. The zero-order chi connectivity index (χ0) is 18.2. The van der Waals surface area contributed by atoms with Crippen LogP contribution in [0.25, 0.3) is 0 Å². The van der Waals surface area contributed by atoms with Crippen molar-refractivity contribution in [2.45, 2.75) is 43.4 Å². The SMILES string of the molecule is O=C(CSc1nnc(Cc2cccs2)n1C1CC1)N1CCc2sccc2C1. The van der Waals surface area contributed by atoms with Crippen LogP contribution < -0.4 is 0 Å². The Morgan fingerprint density at radius 2 is 2.15 bits per heavy atom. The molecule has 3 aromatic heterocycles. The maximum atomic E-state index is 12.7. The molecule has 0 unspecified atom stereocenters. The van der Waals surface area contributed by atoms with Gasteiger partial charge in [0.1, 0.15) is 5.82 Å². The smallest absolute Gasteiger partial charge is 0.233 e. The molecule has 1 aliphatic heterocycles. The van der Waals surface area contributed by atoms with Crippen LogP contribution in [0.3, 0.4) is 0 Å². The van der Waals surface area contributed by atoms with Crippen LogP contribution in [-0.4, -0.2) is 37.9 Å². The van der Waals surface area contributed by atoms with E-state index in [1.54, 1.807) is 22.7 Å². The summed E-state index contributed by atoms with van der Waals surface area (Å²) in [5.41, 5.74) is 1.31. The molecule has 1 fully saturated rings. The van der Waals surface area contributed by atoms with Gasteiger partial charge in [-0.1, -0.05) is 17.8 Å². The number of carbonyl (C=O) groups is 1. The molecule has 0 aromatic carbocycles. The van der Waals surface area contributed by atoms with Gasteiger partial charge >= 0.3 is 0 Å². The van der Waals surface area contributed by atoms with Crippen LogP contribution in [0.1, 0.15) is 40.0 Å². The highest BCUT2D eigenvalue weighted by molar-refractivity contribution is 7.99. The topological polar surface area (TPSA) is 51.0 Å². The zero-order valence-corrected chi connectivity index (χ0v) is 17.3. The van der Waals surface area contributed by atoms with Crippen molar-refractivity contribution in [1.29, 1.82) is 0 Å². The van der Waals surface area contributed by atoms with Crippen LogP contribution >= 0.6 is 34.4 Å². The average Bonchev–Trinajstić information content (AvgIpc) is 3.09. The quantitative estimate of drug-likeness (QED) is 0.570. The van der Waals surface area contributed by atoms with Gasteiger partial charge in [0.2, 0.25) is 5.91 Å². The molecular weight excluding hydrogens is 396 g/mol. The molecule has 0 radical (unpaired) electrons. The van der Waals surface area contributed by atoms with E-state index in [4.69, 9.17) is 0 Å². The minimum atomic E-state index is 0.196. The van der Waals surface area contributed by atoms with Gasteiger partial charge in [-0.15, -0.1) is 32.9 Å². The molecule has 0 spiro atoms. The molecule has 5 nitrogen and oxygen atoms in total. The van der Waals surface area contributed by atoms with Gasteiger partial charge in [-0.05, 0) is 47.7 Å². The Hall–Kier alpha value is -1.64. The number of amides is 1. The van der Waals surface area contributed by atoms with Crippen molar-refractivity contribution in [3.8, 4) is 0 Å². The highest BCUT2D eigenvalue weighted by atomic mass is 32.2. The van der Waals surface area contributed by atoms with E-state index in [-0.39, 0.29) is 5.91 Å². The van der Waals surface area contributed by atoms with Gasteiger partial charge in [0.05, 0.1) is 5.75 Å². The predicted octanol–water partition coefficient (Wildman–Crippen LogP) is 4.00. The van der Waals surface area contributed by atoms with Gasteiger partial charge in [-0.25, -0.2) is 0 Å². The molecule has 8 heteroatoms. The molecule has 0 saturated heterocycles. The first-order valence-electron chi connectivity index (χ1n) is 9.20. The van der Waals surface area contributed by atoms with Gasteiger partial charge in [-0.2, -0.15) is 0 Å². The van der Waals surface area contributed by atoms with Crippen molar-refractivity contribution in [2.75, 3.05) is 12.3 Å². The molecule has 5 rings (SSSR count). The molecule has 0 atom stereocenters. The minimum Gasteiger partial charge on any atom is -0.337 e. The van der Waals surface area contributed by atoms with E-state index in [0.717, 1.165) is 36.9 Å². The first-order chi connectivity index (χ1) is 13.3. The highest BCUT2D eigenvalue weighted by Crippen LogP contribution is 2.39. The van der Waals surface area contributed by atoms with Crippen molar-refractivity contribution < 1.29 is 4.79 Å². The monoisotopic (exact) mass is 416 g/mol. The number of thiophene rings is 2. The first-order valence-corrected chi connectivity index (χ1v) is 11.9. The normalized spacial score (nSPS) is 16.5. The standard InChI is InChI=1S/C19H20N4OS3/c24-18(22-7-5-16-13(11-22)6-9-26-16)12-27-19-21-20-17(23(19)14-3-4-14)10-15-2-1-8-25-15/h1-2,6,8-9,14H,3-5,7,10-12H2. The van der Waals surface area contributed by atoms with Crippen LogP contribution in [0.5, 0.6) is 0 Å². The highest BCUT2D eigenvalue weighted by Gasteiger charge is 2.30. The Bertz CT molecular complexity index is 942. The summed E-state index contributed by atoms with van der Waals surface area (Å²) in [5, 5.41) is 14.0. The van der Waals surface area contributed by atoms with E-state index in [1.807, 2.05) is 4.90 Å². The summed E-state index contributed by atoms with van der Waals surface area (Å²) in [6, 6.07) is 6.87. The number of thioether (sulfide) groups is 1. The number of fused-ring (bicyclic) bond motifs is 1. The molecule has 1 saturated carbocycles. The number of hydrogen-bond donors (Lipinski definition) is 0. The van der Waals surface area contributed by atoms with E-state index < -0.39 is 0 Å². The lowest BCUT2D eigenvalue weighted by atomic mass is 10.1. The second-order valence-electron chi connectivity index (χ2n) is 6.98. The van der Waals surface area contributed by atoms with Crippen molar-refractivity contribution in [1.82, 2.24) is 19.7 Å². The Labute approximate surface area is 170 Å². The van der Waals surface area contributed by atoms with Crippen LogP contribution in [0.15, 0.2) is 34.1 Å². The molecule has 1 aliphatic carbocycles. The van der Waals surface area contributed by atoms with E-state index in [1.165, 1.54) is 39.9 Å². The first kappa shape index (κ1) is 17.5. The van der Waals surface area contributed by atoms with E-state index in [2.05, 4.69) is 43.7 Å². The van der Waals surface area contributed by atoms with Gasteiger partial charge in [0, 0.05) is 35.3 Å². The van der Waals surface area contributed by atoms with Crippen molar-refractivity contribution >= 4 is 40.3 Å². The predicted molar refractivity (Wildman–Crippen MR) is 110 cm³/mol. The summed E-state index contributed by atoms with van der Waals surface area (Å²) in [4.78, 5) is 17.4. The Kier molecular flexibility index (Phi) is 4.79. The molecule has 140 valence electrons. The van der Waals surface area contributed by atoms with Gasteiger partial charge in [-0.3, -0.25) is 4.79 Å². The fourth-order valence-electron chi connectivity index (χ4n) is 3.47. The largest absolute Gasteiger partial charge is 0.337 e. The molecule has 1 amide bonds. The third-order valence-corrected chi connectivity index (χ3v) is 7.87. The van der Waals surface area contributed by atoms with Crippen LogP contribution in [0, 0.1) is 0 Å². The molecule has 3 aromatic rings. The summed E-state index contributed by atoms with van der Waals surface area (Å²) in [6.07, 6.45) is 4.17. The van der Waals surface area contributed by atoms with Crippen LogP contribution in [0.2, 0.25) is 0 Å². The van der Waals surface area contributed by atoms with Gasteiger partial charge in [0.15, 0.2) is 5.16 Å². The van der Waals surface area contributed by atoms with Crippen LogP contribution in [0.4, 0.5) is 0 Å². The number of aromatic nitrogens is 3. The van der Waals surface area contributed by atoms with E-state index in [0.29, 0.717) is 11.8 Å². The number of carbonyl (C=O) groups excluding carboxylic acids is 1. The Morgan fingerprint density at radius 3 is 2.96 bits per heavy atom. The summed E-state index contributed by atoms with van der Waals surface area (Å²) in [6.45, 7) is 1.57.